The Kier molecular flexibility index (Phi) is 3.92. The van der Waals surface area contributed by atoms with Crippen molar-refractivity contribution in [3.05, 3.63) is 83.7 Å². The number of rotatable bonds is 5. The Morgan fingerprint density at radius 2 is 1.83 bits per heavy atom. The lowest BCUT2D eigenvalue weighted by molar-refractivity contribution is 0.0384. The van der Waals surface area contributed by atoms with Crippen LogP contribution in [-0.4, -0.2) is 21.4 Å². The third-order valence-corrected chi connectivity index (χ3v) is 4.72. The van der Waals surface area contributed by atoms with Gasteiger partial charge in [0.1, 0.15) is 5.60 Å². The van der Waals surface area contributed by atoms with E-state index in [-0.39, 0.29) is 0 Å². The first-order valence-electron chi connectivity index (χ1n) is 8.36. The summed E-state index contributed by atoms with van der Waals surface area (Å²) in [5, 5.41) is 18.9. The molecule has 0 spiro atoms. The largest absolute Gasteiger partial charge is 0.384 e. The van der Waals surface area contributed by atoms with E-state index in [1.807, 2.05) is 65.5 Å². The highest BCUT2D eigenvalue weighted by molar-refractivity contribution is 5.37. The quantitative estimate of drug-likeness (QED) is 0.760. The van der Waals surface area contributed by atoms with Crippen molar-refractivity contribution < 1.29 is 5.11 Å². The molecule has 4 heteroatoms. The smallest absolute Gasteiger partial charge is 0.103 e. The molecule has 4 rings (SSSR count). The van der Waals surface area contributed by atoms with E-state index in [2.05, 4.69) is 16.5 Å². The number of benzene rings is 2. The van der Waals surface area contributed by atoms with Gasteiger partial charge < -0.3 is 10.4 Å². The van der Waals surface area contributed by atoms with Gasteiger partial charge in [-0.3, -0.25) is 0 Å². The van der Waals surface area contributed by atoms with E-state index >= 15 is 0 Å². The topological polar surface area (TPSA) is 50.1 Å². The maximum Gasteiger partial charge on any atom is 0.103 e. The highest BCUT2D eigenvalue weighted by atomic mass is 16.3. The third kappa shape index (κ3) is 2.86. The molecular formula is C20H21N3O. The van der Waals surface area contributed by atoms with Crippen LogP contribution in [0.3, 0.4) is 0 Å². The van der Waals surface area contributed by atoms with Gasteiger partial charge in [0.2, 0.25) is 0 Å². The standard InChI is InChI=1S/C20H21N3O/c24-20(12-10-16-6-4-5-9-19(16)20)15-21-14-17-11-13-23(22-17)18-7-2-1-3-8-18/h1-9,11,13,21,24H,10,12,14-15H2. The number of aryl methyl sites for hydroxylation is 1. The van der Waals surface area contributed by atoms with Gasteiger partial charge in [-0.1, -0.05) is 42.5 Å². The van der Waals surface area contributed by atoms with Crippen LogP contribution in [-0.2, 0) is 18.6 Å². The van der Waals surface area contributed by atoms with Crippen LogP contribution in [0.2, 0.25) is 0 Å². The van der Waals surface area contributed by atoms with Gasteiger partial charge in [-0.05, 0) is 42.2 Å². The molecule has 1 atom stereocenters. The molecule has 2 aromatic carbocycles. The van der Waals surface area contributed by atoms with E-state index in [4.69, 9.17) is 0 Å². The number of para-hydroxylation sites is 1. The zero-order chi connectivity index (χ0) is 16.4. The average Bonchev–Trinajstić information content (AvgIpc) is 3.22. The van der Waals surface area contributed by atoms with Crippen molar-refractivity contribution in [3.63, 3.8) is 0 Å². The molecule has 0 fully saturated rings. The van der Waals surface area contributed by atoms with E-state index in [0.717, 1.165) is 29.8 Å². The monoisotopic (exact) mass is 319 g/mol. The van der Waals surface area contributed by atoms with Gasteiger partial charge in [0, 0.05) is 19.3 Å². The summed E-state index contributed by atoms with van der Waals surface area (Å²) in [4.78, 5) is 0. The van der Waals surface area contributed by atoms with Crippen LogP contribution in [0.1, 0.15) is 23.2 Å². The zero-order valence-electron chi connectivity index (χ0n) is 13.5. The zero-order valence-corrected chi connectivity index (χ0v) is 13.5. The lowest BCUT2D eigenvalue weighted by Gasteiger charge is -2.24. The van der Waals surface area contributed by atoms with Crippen LogP contribution < -0.4 is 5.32 Å². The van der Waals surface area contributed by atoms with Gasteiger partial charge >= 0.3 is 0 Å². The molecule has 0 radical (unpaired) electrons. The summed E-state index contributed by atoms with van der Waals surface area (Å²) in [6, 6.07) is 20.2. The molecule has 0 saturated heterocycles. The van der Waals surface area contributed by atoms with Crippen molar-refractivity contribution in [2.24, 2.45) is 0 Å². The maximum absolute atomic E-state index is 10.9. The molecular weight excluding hydrogens is 298 g/mol. The van der Waals surface area contributed by atoms with E-state index < -0.39 is 5.60 Å². The van der Waals surface area contributed by atoms with Crippen molar-refractivity contribution in [2.45, 2.75) is 25.0 Å². The van der Waals surface area contributed by atoms with Crippen LogP contribution in [0.25, 0.3) is 5.69 Å². The molecule has 1 aliphatic carbocycles. The first kappa shape index (κ1) is 15.1. The predicted molar refractivity (Wildman–Crippen MR) is 93.9 cm³/mol. The molecule has 24 heavy (non-hydrogen) atoms. The summed E-state index contributed by atoms with van der Waals surface area (Å²) in [7, 11) is 0. The molecule has 1 aliphatic rings. The minimum atomic E-state index is -0.765. The lowest BCUT2D eigenvalue weighted by Crippen LogP contribution is -2.36. The van der Waals surface area contributed by atoms with Crippen LogP contribution >= 0.6 is 0 Å². The van der Waals surface area contributed by atoms with E-state index in [1.54, 1.807) is 0 Å². The number of fused-ring (bicyclic) bond motifs is 1. The summed E-state index contributed by atoms with van der Waals surface area (Å²) >= 11 is 0. The summed E-state index contributed by atoms with van der Waals surface area (Å²) in [5.74, 6) is 0. The van der Waals surface area contributed by atoms with Crippen molar-refractivity contribution in [1.82, 2.24) is 15.1 Å². The molecule has 1 aromatic heterocycles. The SMILES string of the molecule is OC1(CNCc2ccn(-c3ccccc3)n2)CCc2ccccc21. The summed E-state index contributed by atoms with van der Waals surface area (Å²) in [6.07, 6.45) is 3.68. The number of nitrogens with zero attached hydrogens (tertiary/aromatic N) is 2. The van der Waals surface area contributed by atoms with Gasteiger partial charge in [0.05, 0.1) is 11.4 Å². The highest BCUT2D eigenvalue weighted by Gasteiger charge is 2.35. The van der Waals surface area contributed by atoms with E-state index in [0.29, 0.717) is 13.1 Å². The number of hydrogen-bond acceptors (Lipinski definition) is 3. The minimum absolute atomic E-state index is 0.544. The van der Waals surface area contributed by atoms with Crippen LogP contribution in [0.4, 0.5) is 0 Å². The Balaban J connectivity index is 1.39. The van der Waals surface area contributed by atoms with Crippen LogP contribution in [0, 0.1) is 0 Å². The van der Waals surface area contributed by atoms with Gasteiger partial charge in [-0.2, -0.15) is 5.10 Å². The number of hydrogen-bond donors (Lipinski definition) is 2. The fourth-order valence-electron chi connectivity index (χ4n) is 3.43. The fourth-order valence-corrected chi connectivity index (χ4v) is 3.43. The average molecular weight is 319 g/mol. The Bertz CT molecular complexity index is 828. The summed E-state index contributed by atoms with van der Waals surface area (Å²) in [5.41, 5.74) is 3.57. The second-order valence-electron chi connectivity index (χ2n) is 6.38. The highest BCUT2D eigenvalue weighted by Crippen LogP contribution is 2.36. The first-order chi connectivity index (χ1) is 11.7. The Hall–Kier alpha value is -2.43. The second-order valence-corrected chi connectivity index (χ2v) is 6.38. The van der Waals surface area contributed by atoms with E-state index in [1.165, 1.54) is 5.56 Å². The molecule has 0 amide bonds. The second kappa shape index (κ2) is 6.23. The molecule has 122 valence electrons. The molecule has 1 heterocycles. The number of aromatic nitrogens is 2. The van der Waals surface area contributed by atoms with Crippen LogP contribution in [0.15, 0.2) is 66.9 Å². The Morgan fingerprint density at radius 3 is 2.71 bits per heavy atom. The molecule has 2 N–H and O–H groups in total. The molecule has 1 unspecified atom stereocenters. The van der Waals surface area contributed by atoms with Gasteiger partial charge in [-0.25, -0.2) is 4.68 Å². The molecule has 0 bridgehead atoms. The normalized spacial score (nSPS) is 19.4. The van der Waals surface area contributed by atoms with Crippen LogP contribution in [0.5, 0.6) is 0 Å². The molecule has 4 nitrogen and oxygen atoms in total. The van der Waals surface area contributed by atoms with Crippen molar-refractivity contribution in [3.8, 4) is 5.69 Å². The van der Waals surface area contributed by atoms with Gasteiger partial charge in [-0.15, -0.1) is 0 Å². The maximum atomic E-state index is 10.9. The Morgan fingerprint density at radius 1 is 1.04 bits per heavy atom. The predicted octanol–water partition coefficient (Wildman–Crippen LogP) is 2.80. The third-order valence-electron chi connectivity index (χ3n) is 4.72. The van der Waals surface area contributed by atoms with E-state index in [9.17, 15) is 5.11 Å². The Labute approximate surface area is 141 Å². The van der Waals surface area contributed by atoms with Crippen molar-refractivity contribution >= 4 is 0 Å². The van der Waals surface area contributed by atoms with Crippen molar-refractivity contribution in [1.29, 1.82) is 0 Å². The number of nitrogens with one attached hydrogen (secondary N) is 1. The lowest BCUT2D eigenvalue weighted by atomic mass is 9.96. The number of aliphatic hydroxyl groups is 1. The fraction of sp³-hybridized carbons (Fsp3) is 0.250. The van der Waals surface area contributed by atoms with Gasteiger partial charge in [0.25, 0.3) is 0 Å². The first-order valence-corrected chi connectivity index (χ1v) is 8.36. The molecule has 0 saturated carbocycles. The van der Waals surface area contributed by atoms with Crippen molar-refractivity contribution in [2.75, 3.05) is 6.54 Å². The molecule has 0 aliphatic heterocycles. The van der Waals surface area contributed by atoms with Gasteiger partial charge in [0.15, 0.2) is 0 Å². The summed E-state index contributed by atoms with van der Waals surface area (Å²) in [6.45, 7) is 1.19. The molecule has 3 aromatic rings. The minimum Gasteiger partial charge on any atom is -0.384 e. The summed E-state index contributed by atoms with van der Waals surface area (Å²) < 4.78 is 1.87.